The molecule has 0 unspecified atom stereocenters. The SMILES string of the molecule is COc1cccc(C(=O)CNC(=O)CCn2c3c(c(=O)[nH]c2=O)CSCC3)c1. The van der Waals surface area contributed by atoms with Crippen molar-refractivity contribution in [2.24, 2.45) is 0 Å². The average Bonchev–Trinajstić information content (AvgIpc) is 2.71. The molecule has 28 heavy (non-hydrogen) atoms. The Hall–Kier alpha value is -2.81. The summed E-state index contributed by atoms with van der Waals surface area (Å²) >= 11 is 1.64. The molecule has 0 saturated carbocycles. The van der Waals surface area contributed by atoms with E-state index in [0.29, 0.717) is 34.7 Å². The first-order chi connectivity index (χ1) is 13.5. The van der Waals surface area contributed by atoms with Crippen molar-refractivity contribution in [3.05, 3.63) is 61.9 Å². The summed E-state index contributed by atoms with van der Waals surface area (Å²) in [5.41, 5.74) is 0.896. The Morgan fingerprint density at radius 2 is 2.14 bits per heavy atom. The van der Waals surface area contributed by atoms with Crippen molar-refractivity contribution in [2.75, 3.05) is 19.4 Å². The number of hydrogen-bond acceptors (Lipinski definition) is 6. The summed E-state index contributed by atoms with van der Waals surface area (Å²) in [4.78, 5) is 50.7. The number of hydrogen-bond donors (Lipinski definition) is 2. The third-order valence-corrected chi connectivity index (χ3v) is 5.53. The van der Waals surface area contributed by atoms with E-state index in [1.807, 2.05) is 0 Å². The van der Waals surface area contributed by atoms with E-state index in [9.17, 15) is 19.2 Å². The van der Waals surface area contributed by atoms with Crippen LogP contribution in [0.4, 0.5) is 0 Å². The number of nitrogens with zero attached hydrogens (tertiary/aromatic N) is 1. The number of H-pyrrole nitrogens is 1. The van der Waals surface area contributed by atoms with Crippen LogP contribution in [-0.4, -0.2) is 40.6 Å². The molecule has 2 N–H and O–H groups in total. The van der Waals surface area contributed by atoms with Gasteiger partial charge in [0.2, 0.25) is 5.91 Å². The highest BCUT2D eigenvalue weighted by molar-refractivity contribution is 7.98. The molecule has 148 valence electrons. The van der Waals surface area contributed by atoms with Crippen molar-refractivity contribution in [1.29, 1.82) is 0 Å². The quantitative estimate of drug-likeness (QED) is 0.660. The number of amides is 1. The third-order valence-electron chi connectivity index (χ3n) is 4.54. The summed E-state index contributed by atoms with van der Waals surface area (Å²) in [6.07, 6.45) is 0.659. The fourth-order valence-electron chi connectivity index (χ4n) is 3.05. The maximum Gasteiger partial charge on any atom is 0.328 e. The van der Waals surface area contributed by atoms with Gasteiger partial charge in [-0.2, -0.15) is 11.8 Å². The molecule has 0 fully saturated rings. The van der Waals surface area contributed by atoms with Gasteiger partial charge in [-0.05, 0) is 24.3 Å². The predicted octanol–water partition coefficient (Wildman–Crippen LogP) is 0.724. The number of fused-ring (bicyclic) bond motifs is 1. The van der Waals surface area contributed by atoms with Gasteiger partial charge in [0.1, 0.15) is 5.75 Å². The highest BCUT2D eigenvalue weighted by atomic mass is 32.2. The second-order valence-electron chi connectivity index (χ2n) is 6.32. The molecule has 3 rings (SSSR count). The molecule has 1 aliphatic rings. The molecule has 0 atom stereocenters. The van der Waals surface area contributed by atoms with E-state index in [0.717, 1.165) is 5.75 Å². The van der Waals surface area contributed by atoms with Crippen molar-refractivity contribution in [3.63, 3.8) is 0 Å². The largest absolute Gasteiger partial charge is 0.497 e. The maximum atomic E-state index is 12.2. The first-order valence-corrected chi connectivity index (χ1v) is 10.0. The van der Waals surface area contributed by atoms with Gasteiger partial charge >= 0.3 is 5.69 Å². The second kappa shape index (κ2) is 8.92. The summed E-state index contributed by atoms with van der Waals surface area (Å²) in [6.45, 7) is 0.0169. The van der Waals surface area contributed by atoms with E-state index >= 15 is 0 Å². The standard InChI is InChI=1S/C19H21N3O5S/c1-27-13-4-2-3-12(9-13)16(23)10-20-17(24)5-7-22-15-6-8-28-11-14(15)18(25)21-19(22)26/h2-4,9H,5-8,10-11H2,1H3,(H,20,24)(H,21,25,26). The average molecular weight is 403 g/mol. The number of nitrogens with one attached hydrogen (secondary N) is 2. The molecular weight excluding hydrogens is 382 g/mol. The van der Waals surface area contributed by atoms with Crippen LogP contribution in [0.1, 0.15) is 28.0 Å². The monoisotopic (exact) mass is 403 g/mol. The lowest BCUT2D eigenvalue weighted by Gasteiger charge is -2.19. The Balaban J connectivity index is 1.60. The Labute approximate surface area is 165 Å². The number of ketones is 1. The minimum Gasteiger partial charge on any atom is -0.497 e. The summed E-state index contributed by atoms with van der Waals surface area (Å²) in [5.74, 6) is 1.39. The smallest absolute Gasteiger partial charge is 0.328 e. The second-order valence-corrected chi connectivity index (χ2v) is 7.43. The Bertz CT molecular complexity index is 1010. The number of methoxy groups -OCH3 is 1. The van der Waals surface area contributed by atoms with E-state index in [4.69, 9.17) is 4.74 Å². The molecule has 2 aromatic rings. The Morgan fingerprint density at radius 3 is 2.93 bits per heavy atom. The van der Waals surface area contributed by atoms with Gasteiger partial charge < -0.3 is 10.1 Å². The van der Waals surface area contributed by atoms with E-state index in [2.05, 4.69) is 10.3 Å². The minimum atomic E-state index is -0.504. The van der Waals surface area contributed by atoms with Gasteiger partial charge in [0, 0.05) is 35.5 Å². The molecule has 1 aromatic carbocycles. The van der Waals surface area contributed by atoms with E-state index in [-0.39, 0.29) is 36.8 Å². The van der Waals surface area contributed by atoms with Gasteiger partial charge in [-0.1, -0.05) is 12.1 Å². The molecule has 0 saturated heterocycles. The van der Waals surface area contributed by atoms with Crippen molar-refractivity contribution in [1.82, 2.24) is 14.9 Å². The van der Waals surface area contributed by atoms with Gasteiger partial charge in [-0.15, -0.1) is 0 Å². The molecule has 0 spiro atoms. The summed E-state index contributed by atoms with van der Waals surface area (Å²) in [5, 5.41) is 2.58. The number of carbonyl (C=O) groups excluding carboxylic acids is 2. The van der Waals surface area contributed by atoms with Crippen LogP contribution in [0.15, 0.2) is 33.9 Å². The third kappa shape index (κ3) is 4.53. The van der Waals surface area contributed by atoms with Crippen LogP contribution in [-0.2, 0) is 23.5 Å². The molecule has 1 amide bonds. The Morgan fingerprint density at radius 1 is 1.32 bits per heavy atom. The molecule has 1 aromatic heterocycles. The zero-order valence-corrected chi connectivity index (χ0v) is 16.3. The lowest BCUT2D eigenvalue weighted by atomic mass is 10.1. The van der Waals surface area contributed by atoms with Gasteiger partial charge in [0.15, 0.2) is 5.78 Å². The van der Waals surface area contributed by atoms with Crippen LogP contribution in [0.2, 0.25) is 0 Å². The lowest BCUT2D eigenvalue weighted by Crippen LogP contribution is -2.38. The Kier molecular flexibility index (Phi) is 6.35. The number of thioether (sulfide) groups is 1. The lowest BCUT2D eigenvalue weighted by molar-refractivity contribution is -0.121. The molecular formula is C19H21N3O5S. The summed E-state index contributed by atoms with van der Waals surface area (Å²) in [6, 6.07) is 6.70. The maximum absolute atomic E-state index is 12.2. The van der Waals surface area contributed by atoms with E-state index < -0.39 is 5.69 Å². The van der Waals surface area contributed by atoms with E-state index in [1.165, 1.54) is 11.7 Å². The molecule has 1 aliphatic heterocycles. The molecule has 0 radical (unpaired) electrons. The normalized spacial score (nSPS) is 12.9. The number of Topliss-reactive ketones (excluding diaryl/α,β-unsaturated/α-hetero) is 1. The molecule has 0 bridgehead atoms. The molecule has 8 nitrogen and oxygen atoms in total. The zero-order chi connectivity index (χ0) is 20.1. The van der Waals surface area contributed by atoms with Crippen LogP contribution < -0.4 is 21.3 Å². The molecule has 0 aliphatic carbocycles. The van der Waals surface area contributed by atoms with Gasteiger partial charge in [-0.3, -0.25) is 23.9 Å². The predicted molar refractivity (Wildman–Crippen MR) is 106 cm³/mol. The first kappa shape index (κ1) is 19.9. The number of benzene rings is 1. The highest BCUT2D eigenvalue weighted by Crippen LogP contribution is 2.20. The van der Waals surface area contributed by atoms with Crippen LogP contribution in [0.25, 0.3) is 0 Å². The molecule has 9 heteroatoms. The van der Waals surface area contributed by atoms with Crippen molar-refractivity contribution in [3.8, 4) is 5.75 Å². The summed E-state index contributed by atoms with van der Waals surface area (Å²) in [7, 11) is 1.52. The van der Waals surface area contributed by atoms with Gasteiger partial charge in [0.05, 0.1) is 13.7 Å². The fraction of sp³-hybridized carbons (Fsp3) is 0.368. The van der Waals surface area contributed by atoms with Crippen LogP contribution in [0.3, 0.4) is 0 Å². The number of rotatable bonds is 7. The van der Waals surface area contributed by atoms with Gasteiger partial charge in [-0.25, -0.2) is 4.79 Å². The van der Waals surface area contributed by atoms with E-state index in [1.54, 1.807) is 36.0 Å². The summed E-state index contributed by atoms with van der Waals surface area (Å²) < 4.78 is 6.54. The van der Waals surface area contributed by atoms with Crippen molar-refractivity contribution < 1.29 is 14.3 Å². The van der Waals surface area contributed by atoms with Crippen LogP contribution in [0.5, 0.6) is 5.75 Å². The van der Waals surface area contributed by atoms with Crippen LogP contribution in [0, 0.1) is 0 Å². The number of carbonyl (C=O) groups is 2. The molecule has 2 heterocycles. The van der Waals surface area contributed by atoms with Crippen LogP contribution >= 0.6 is 11.8 Å². The highest BCUT2D eigenvalue weighted by Gasteiger charge is 2.19. The number of aromatic nitrogens is 2. The minimum absolute atomic E-state index is 0.0386. The number of ether oxygens (including phenoxy) is 1. The zero-order valence-electron chi connectivity index (χ0n) is 15.4. The number of aromatic amines is 1. The van der Waals surface area contributed by atoms with Crippen molar-refractivity contribution in [2.45, 2.75) is 25.1 Å². The fourth-order valence-corrected chi connectivity index (χ4v) is 4.03. The van der Waals surface area contributed by atoms with Crippen molar-refractivity contribution >= 4 is 23.5 Å². The van der Waals surface area contributed by atoms with Gasteiger partial charge in [0.25, 0.3) is 5.56 Å². The first-order valence-electron chi connectivity index (χ1n) is 8.86. The topological polar surface area (TPSA) is 110 Å².